The Labute approximate surface area is 117 Å². The van der Waals surface area contributed by atoms with E-state index in [0.29, 0.717) is 6.54 Å². The first-order valence-electron chi connectivity index (χ1n) is 6.66. The Morgan fingerprint density at radius 2 is 1.95 bits per heavy atom. The SMILES string of the molecule is NCCN(Cc1ccccc1)c1nccn2nccc12. The van der Waals surface area contributed by atoms with E-state index >= 15 is 0 Å². The van der Waals surface area contributed by atoms with Gasteiger partial charge in [0.1, 0.15) is 5.52 Å². The van der Waals surface area contributed by atoms with Gasteiger partial charge in [-0.2, -0.15) is 5.10 Å². The number of benzene rings is 1. The van der Waals surface area contributed by atoms with Gasteiger partial charge in [0.25, 0.3) is 0 Å². The van der Waals surface area contributed by atoms with Gasteiger partial charge in [0, 0.05) is 32.0 Å². The maximum absolute atomic E-state index is 5.75. The summed E-state index contributed by atoms with van der Waals surface area (Å²) < 4.78 is 1.83. The van der Waals surface area contributed by atoms with Crippen LogP contribution in [0.3, 0.4) is 0 Å². The van der Waals surface area contributed by atoms with E-state index in [1.54, 1.807) is 12.4 Å². The fourth-order valence-electron chi connectivity index (χ4n) is 2.31. The van der Waals surface area contributed by atoms with Crippen molar-refractivity contribution in [1.29, 1.82) is 0 Å². The Balaban J connectivity index is 1.96. The van der Waals surface area contributed by atoms with Gasteiger partial charge in [0.2, 0.25) is 0 Å². The van der Waals surface area contributed by atoms with Gasteiger partial charge < -0.3 is 10.6 Å². The second-order valence-electron chi connectivity index (χ2n) is 4.61. The molecule has 0 aliphatic heterocycles. The molecule has 3 rings (SSSR count). The van der Waals surface area contributed by atoms with Crippen LogP contribution in [-0.4, -0.2) is 27.7 Å². The summed E-state index contributed by atoms with van der Waals surface area (Å²) in [5, 5.41) is 4.25. The molecule has 2 heterocycles. The van der Waals surface area contributed by atoms with Crippen molar-refractivity contribution in [2.45, 2.75) is 6.54 Å². The van der Waals surface area contributed by atoms with E-state index in [2.05, 4.69) is 27.1 Å². The number of nitrogens with two attached hydrogens (primary N) is 1. The molecule has 2 N–H and O–H groups in total. The molecule has 102 valence electrons. The number of hydrogen-bond donors (Lipinski definition) is 1. The molecule has 0 fully saturated rings. The monoisotopic (exact) mass is 267 g/mol. The molecule has 1 aromatic carbocycles. The second-order valence-corrected chi connectivity index (χ2v) is 4.61. The first-order valence-corrected chi connectivity index (χ1v) is 6.66. The fourth-order valence-corrected chi connectivity index (χ4v) is 2.31. The molecule has 0 saturated carbocycles. The van der Waals surface area contributed by atoms with Crippen molar-refractivity contribution >= 4 is 11.3 Å². The summed E-state index contributed by atoms with van der Waals surface area (Å²) in [6.45, 7) is 2.13. The van der Waals surface area contributed by atoms with Gasteiger partial charge in [0.15, 0.2) is 5.82 Å². The highest BCUT2D eigenvalue weighted by molar-refractivity contribution is 5.68. The van der Waals surface area contributed by atoms with E-state index < -0.39 is 0 Å². The van der Waals surface area contributed by atoms with Crippen LogP contribution in [0.25, 0.3) is 5.52 Å². The minimum atomic E-state index is 0.587. The molecule has 0 amide bonds. The summed E-state index contributed by atoms with van der Waals surface area (Å²) in [4.78, 5) is 6.69. The summed E-state index contributed by atoms with van der Waals surface area (Å²) in [5.74, 6) is 0.916. The Kier molecular flexibility index (Phi) is 3.60. The minimum Gasteiger partial charge on any atom is -0.349 e. The summed E-state index contributed by atoms with van der Waals surface area (Å²) in [6.07, 6.45) is 5.40. The lowest BCUT2D eigenvalue weighted by atomic mass is 10.2. The van der Waals surface area contributed by atoms with E-state index in [4.69, 9.17) is 5.73 Å². The molecule has 0 bridgehead atoms. The van der Waals surface area contributed by atoms with E-state index in [1.165, 1.54) is 5.56 Å². The standard InChI is InChI=1S/C15H17N5/c16-7-10-19(12-13-4-2-1-3-5-13)15-14-6-8-18-20(14)11-9-17-15/h1-6,8-9,11H,7,10,12,16H2. The highest BCUT2D eigenvalue weighted by Gasteiger charge is 2.12. The molecule has 0 aliphatic carbocycles. The fraction of sp³-hybridized carbons (Fsp3) is 0.200. The molecule has 3 aromatic rings. The number of aromatic nitrogens is 3. The van der Waals surface area contributed by atoms with Crippen LogP contribution in [0, 0.1) is 0 Å². The third kappa shape index (κ3) is 2.48. The Morgan fingerprint density at radius 1 is 1.10 bits per heavy atom. The van der Waals surface area contributed by atoms with Gasteiger partial charge in [-0.15, -0.1) is 0 Å². The van der Waals surface area contributed by atoms with Crippen LogP contribution < -0.4 is 10.6 Å². The quantitative estimate of drug-likeness (QED) is 0.764. The molecule has 0 aliphatic rings. The average Bonchev–Trinajstić information content (AvgIpc) is 2.96. The summed E-state index contributed by atoms with van der Waals surface area (Å²) in [7, 11) is 0. The van der Waals surface area contributed by atoms with Crippen molar-refractivity contribution in [3.8, 4) is 0 Å². The van der Waals surface area contributed by atoms with Crippen molar-refractivity contribution in [3.63, 3.8) is 0 Å². The van der Waals surface area contributed by atoms with Crippen LogP contribution >= 0.6 is 0 Å². The smallest absolute Gasteiger partial charge is 0.155 e. The molecular formula is C15H17N5. The molecule has 5 heteroatoms. The van der Waals surface area contributed by atoms with Gasteiger partial charge in [0.05, 0.1) is 6.20 Å². The lowest BCUT2D eigenvalue weighted by Crippen LogP contribution is -2.30. The van der Waals surface area contributed by atoms with Crippen LogP contribution in [0.2, 0.25) is 0 Å². The number of fused-ring (bicyclic) bond motifs is 1. The van der Waals surface area contributed by atoms with Gasteiger partial charge in [-0.05, 0) is 11.6 Å². The van der Waals surface area contributed by atoms with Gasteiger partial charge in [-0.1, -0.05) is 30.3 Å². The minimum absolute atomic E-state index is 0.587. The lowest BCUT2D eigenvalue weighted by molar-refractivity contribution is 0.773. The summed E-state index contributed by atoms with van der Waals surface area (Å²) in [6, 6.07) is 12.3. The first kappa shape index (κ1) is 12.6. The highest BCUT2D eigenvalue weighted by Crippen LogP contribution is 2.19. The molecule has 0 saturated heterocycles. The van der Waals surface area contributed by atoms with Crippen LogP contribution in [0.5, 0.6) is 0 Å². The van der Waals surface area contributed by atoms with Gasteiger partial charge in [-0.3, -0.25) is 0 Å². The van der Waals surface area contributed by atoms with Crippen molar-refractivity contribution in [3.05, 3.63) is 60.6 Å². The topological polar surface area (TPSA) is 59.5 Å². The zero-order valence-electron chi connectivity index (χ0n) is 11.2. The molecular weight excluding hydrogens is 250 g/mol. The molecule has 2 aromatic heterocycles. The third-order valence-corrected chi connectivity index (χ3v) is 3.22. The zero-order valence-corrected chi connectivity index (χ0v) is 11.2. The summed E-state index contributed by atoms with van der Waals surface area (Å²) >= 11 is 0. The van der Waals surface area contributed by atoms with E-state index in [1.807, 2.05) is 35.0 Å². The Morgan fingerprint density at radius 3 is 2.75 bits per heavy atom. The largest absolute Gasteiger partial charge is 0.349 e. The maximum Gasteiger partial charge on any atom is 0.155 e. The lowest BCUT2D eigenvalue weighted by Gasteiger charge is -2.23. The number of nitrogens with zero attached hydrogens (tertiary/aromatic N) is 4. The molecule has 20 heavy (non-hydrogen) atoms. The first-order chi connectivity index (χ1) is 9.88. The Bertz CT molecular complexity index is 677. The van der Waals surface area contributed by atoms with Crippen molar-refractivity contribution in [2.24, 2.45) is 5.73 Å². The molecule has 0 atom stereocenters. The van der Waals surface area contributed by atoms with Crippen LogP contribution in [-0.2, 0) is 6.54 Å². The third-order valence-electron chi connectivity index (χ3n) is 3.22. The normalized spacial score (nSPS) is 10.8. The molecule has 0 spiro atoms. The average molecular weight is 267 g/mol. The van der Waals surface area contributed by atoms with E-state index in [0.717, 1.165) is 24.4 Å². The van der Waals surface area contributed by atoms with Crippen molar-refractivity contribution < 1.29 is 0 Å². The van der Waals surface area contributed by atoms with Crippen LogP contribution in [0.15, 0.2) is 55.0 Å². The molecule has 0 unspecified atom stereocenters. The van der Waals surface area contributed by atoms with E-state index in [-0.39, 0.29) is 0 Å². The van der Waals surface area contributed by atoms with Crippen molar-refractivity contribution in [1.82, 2.24) is 14.6 Å². The number of rotatable bonds is 5. The van der Waals surface area contributed by atoms with E-state index in [9.17, 15) is 0 Å². The number of hydrogen-bond acceptors (Lipinski definition) is 4. The number of anilines is 1. The Hall–Kier alpha value is -2.40. The van der Waals surface area contributed by atoms with Crippen LogP contribution in [0.4, 0.5) is 5.82 Å². The predicted octanol–water partition coefficient (Wildman–Crippen LogP) is 1.69. The van der Waals surface area contributed by atoms with Crippen LogP contribution in [0.1, 0.15) is 5.56 Å². The maximum atomic E-state index is 5.75. The van der Waals surface area contributed by atoms with Gasteiger partial charge in [-0.25, -0.2) is 9.50 Å². The molecule has 0 radical (unpaired) electrons. The highest BCUT2D eigenvalue weighted by atomic mass is 15.3. The van der Waals surface area contributed by atoms with Gasteiger partial charge >= 0.3 is 0 Å². The van der Waals surface area contributed by atoms with Crippen molar-refractivity contribution in [2.75, 3.05) is 18.0 Å². The summed E-state index contributed by atoms with van der Waals surface area (Å²) in [5.41, 5.74) is 7.99. The zero-order chi connectivity index (χ0) is 13.8. The second kappa shape index (κ2) is 5.71. The predicted molar refractivity (Wildman–Crippen MR) is 79.5 cm³/mol. The molecule has 5 nitrogen and oxygen atoms in total.